The van der Waals surface area contributed by atoms with Gasteiger partial charge in [0.1, 0.15) is 0 Å². The highest BCUT2D eigenvalue weighted by atomic mass is 31.2. The maximum absolute atomic E-state index is 13.4. The number of rotatable bonds is 7. The lowest BCUT2D eigenvalue weighted by Gasteiger charge is -2.19. The second kappa shape index (κ2) is 8.46. The number of benzene rings is 2. The van der Waals surface area contributed by atoms with Gasteiger partial charge in [0.25, 0.3) is 0 Å². The molecule has 0 aliphatic carbocycles. The van der Waals surface area contributed by atoms with E-state index >= 15 is 0 Å². The molecule has 0 saturated heterocycles. The van der Waals surface area contributed by atoms with Gasteiger partial charge in [0.05, 0.1) is 30.1 Å². The molecule has 6 heteroatoms. The highest BCUT2D eigenvalue weighted by Gasteiger charge is 2.32. The Kier molecular flexibility index (Phi) is 6.33. The van der Waals surface area contributed by atoms with Crippen LogP contribution in [0.5, 0.6) is 0 Å². The summed E-state index contributed by atoms with van der Waals surface area (Å²) in [5, 5.41) is 0.862. The fraction of sp³-hybridized carbons (Fsp3) is 0.222. The molecule has 0 aliphatic heterocycles. The smallest absolute Gasteiger partial charge is 0.311 e. The molecule has 2 rings (SSSR count). The van der Waals surface area contributed by atoms with Crippen molar-refractivity contribution in [3.05, 3.63) is 60.7 Å². The van der Waals surface area contributed by atoms with Crippen molar-refractivity contribution in [2.75, 3.05) is 6.61 Å². The molecule has 5 nitrogen and oxygen atoms in total. The summed E-state index contributed by atoms with van der Waals surface area (Å²) in [6, 6.07) is 17.2. The zero-order valence-corrected chi connectivity index (χ0v) is 14.3. The molecule has 0 bridgehead atoms. The lowest BCUT2D eigenvalue weighted by Crippen LogP contribution is -2.21. The fourth-order valence-corrected chi connectivity index (χ4v) is 4.15. The van der Waals surface area contributed by atoms with Crippen LogP contribution in [0.15, 0.2) is 60.7 Å². The van der Waals surface area contributed by atoms with Crippen molar-refractivity contribution in [1.29, 1.82) is 0 Å². The van der Waals surface area contributed by atoms with Gasteiger partial charge in [-0.25, -0.2) is 0 Å². The van der Waals surface area contributed by atoms with Gasteiger partial charge in [0.2, 0.25) is 0 Å². The minimum atomic E-state index is -3.56. The zero-order chi connectivity index (χ0) is 17.4. The monoisotopic (exact) mass is 346 g/mol. The molecule has 0 amide bonds. The maximum atomic E-state index is 13.4. The topological polar surface area (TPSA) is 69.7 Å². The van der Waals surface area contributed by atoms with Gasteiger partial charge >= 0.3 is 19.3 Å². The number of hydrogen-bond acceptors (Lipinski definition) is 5. The second-order valence-corrected chi connectivity index (χ2v) is 7.31. The minimum Gasteiger partial charge on any atom is -0.466 e. The number of carbonyl (C=O) groups is 2. The molecule has 0 aliphatic rings. The molecule has 0 saturated carbocycles. The minimum absolute atomic E-state index is 0.101. The Labute approximate surface area is 141 Å². The Bertz CT molecular complexity index is 684. The zero-order valence-electron chi connectivity index (χ0n) is 13.4. The van der Waals surface area contributed by atoms with Gasteiger partial charge in [-0.1, -0.05) is 36.4 Å². The fourth-order valence-electron chi connectivity index (χ4n) is 2.13. The Hall–Kier alpha value is -2.39. The molecule has 2 aromatic rings. The molecular weight excluding hydrogens is 327 g/mol. The van der Waals surface area contributed by atoms with E-state index in [4.69, 9.17) is 9.26 Å². The standard InChI is InChI=1S/C18H19O5P/c1-2-22-17(19)13-14-18(20)23-24(21,15-9-5-3-6-10-15)16-11-7-4-8-12-16/h3-12H,2,13-14H2,1H3. The van der Waals surface area contributed by atoms with Gasteiger partial charge in [-0.2, -0.15) is 0 Å². The van der Waals surface area contributed by atoms with Gasteiger partial charge in [0.15, 0.2) is 0 Å². The predicted octanol–water partition coefficient (Wildman–Crippen LogP) is 2.80. The molecular formula is C18H19O5P. The van der Waals surface area contributed by atoms with Crippen molar-refractivity contribution in [2.24, 2.45) is 0 Å². The highest BCUT2D eigenvalue weighted by Crippen LogP contribution is 2.44. The second-order valence-electron chi connectivity index (χ2n) is 4.99. The lowest BCUT2D eigenvalue weighted by atomic mass is 10.3. The van der Waals surface area contributed by atoms with Gasteiger partial charge in [-0.15, -0.1) is 0 Å². The largest absolute Gasteiger partial charge is 0.466 e. The molecule has 0 N–H and O–H groups in total. The molecule has 0 fully saturated rings. The van der Waals surface area contributed by atoms with E-state index in [1.165, 1.54) is 0 Å². The van der Waals surface area contributed by atoms with E-state index in [1.807, 2.05) is 0 Å². The maximum Gasteiger partial charge on any atom is 0.311 e. The van der Waals surface area contributed by atoms with Crippen LogP contribution in [0.1, 0.15) is 19.8 Å². The molecule has 24 heavy (non-hydrogen) atoms. The molecule has 0 atom stereocenters. The molecule has 0 spiro atoms. The normalized spacial score (nSPS) is 10.9. The third kappa shape index (κ3) is 4.56. The average Bonchev–Trinajstić information content (AvgIpc) is 2.62. The third-order valence-corrected chi connectivity index (χ3v) is 5.68. The summed E-state index contributed by atoms with van der Waals surface area (Å²) < 4.78 is 23.6. The summed E-state index contributed by atoms with van der Waals surface area (Å²) in [4.78, 5) is 23.5. The van der Waals surface area contributed by atoms with Gasteiger partial charge in [0, 0.05) is 0 Å². The summed E-state index contributed by atoms with van der Waals surface area (Å²) in [6.07, 6.45) is -0.279. The summed E-state index contributed by atoms with van der Waals surface area (Å²) in [7, 11) is -3.56. The molecule has 0 radical (unpaired) electrons. The SMILES string of the molecule is CCOC(=O)CCC(=O)OP(=O)(c1ccccc1)c1ccccc1. The van der Waals surface area contributed by atoms with Crippen LogP contribution in [-0.2, 0) is 23.4 Å². The first-order valence-electron chi connectivity index (χ1n) is 7.65. The van der Waals surface area contributed by atoms with Crippen molar-refractivity contribution in [1.82, 2.24) is 0 Å². The van der Waals surface area contributed by atoms with Crippen molar-refractivity contribution < 1.29 is 23.4 Å². The van der Waals surface area contributed by atoms with E-state index in [1.54, 1.807) is 67.6 Å². The Balaban J connectivity index is 2.21. The Morgan fingerprint density at radius 1 is 0.833 bits per heavy atom. The quantitative estimate of drug-likeness (QED) is 0.570. The van der Waals surface area contributed by atoms with Crippen LogP contribution in [0.25, 0.3) is 0 Å². The van der Waals surface area contributed by atoms with Crippen molar-refractivity contribution in [3.63, 3.8) is 0 Å². The first kappa shape index (κ1) is 18.0. The third-order valence-electron chi connectivity index (χ3n) is 3.26. The van der Waals surface area contributed by atoms with Crippen molar-refractivity contribution in [2.45, 2.75) is 19.8 Å². The summed E-state index contributed by atoms with van der Waals surface area (Å²) in [5.41, 5.74) is 0. The number of esters is 1. The van der Waals surface area contributed by atoms with Crippen molar-refractivity contribution >= 4 is 29.9 Å². The average molecular weight is 346 g/mol. The van der Waals surface area contributed by atoms with E-state index < -0.39 is 19.3 Å². The summed E-state index contributed by atoms with van der Waals surface area (Å²) in [5.74, 6) is -1.18. The van der Waals surface area contributed by atoms with Crippen LogP contribution in [0.4, 0.5) is 0 Å². The van der Waals surface area contributed by atoms with Crippen LogP contribution >= 0.6 is 7.37 Å². The Morgan fingerprint density at radius 2 is 1.29 bits per heavy atom. The van der Waals surface area contributed by atoms with Gasteiger partial charge in [-0.3, -0.25) is 14.2 Å². The molecule has 0 aromatic heterocycles. The van der Waals surface area contributed by atoms with E-state index in [0.29, 0.717) is 10.6 Å². The van der Waals surface area contributed by atoms with Crippen LogP contribution in [-0.4, -0.2) is 18.5 Å². The molecule has 0 unspecified atom stereocenters. The van der Waals surface area contributed by atoms with Gasteiger partial charge in [-0.05, 0) is 31.2 Å². The molecule has 126 valence electrons. The van der Waals surface area contributed by atoms with Crippen LogP contribution < -0.4 is 10.6 Å². The molecule has 0 heterocycles. The van der Waals surface area contributed by atoms with Crippen LogP contribution in [0.3, 0.4) is 0 Å². The first-order valence-corrected chi connectivity index (χ1v) is 9.28. The summed E-state index contributed by atoms with van der Waals surface area (Å²) >= 11 is 0. The molecule has 2 aromatic carbocycles. The first-order chi connectivity index (χ1) is 11.6. The highest BCUT2D eigenvalue weighted by molar-refractivity contribution is 7.74. The predicted molar refractivity (Wildman–Crippen MR) is 91.7 cm³/mol. The van der Waals surface area contributed by atoms with E-state index in [-0.39, 0.29) is 19.4 Å². The van der Waals surface area contributed by atoms with Crippen LogP contribution in [0.2, 0.25) is 0 Å². The van der Waals surface area contributed by atoms with E-state index in [2.05, 4.69) is 0 Å². The summed E-state index contributed by atoms with van der Waals surface area (Å²) in [6.45, 7) is 1.94. The number of carbonyl (C=O) groups excluding carboxylic acids is 2. The van der Waals surface area contributed by atoms with Gasteiger partial charge < -0.3 is 9.26 Å². The van der Waals surface area contributed by atoms with Crippen LogP contribution in [0, 0.1) is 0 Å². The van der Waals surface area contributed by atoms with Crippen molar-refractivity contribution in [3.8, 4) is 0 Å². The van der Waals surface area contributed by atoms with E-state index in [9.17, 15) is 14.2 Å². The number of hydrogen-bond donors (Lipinski definition) is 0. The Morgan fingerprint density at radius 3 is 1.75 bits per heavy atom. The lowest BCUT2D eigenvalue weighted by molar-refractivity contribution is -0.146. The van der Waals surface area contributed by atoms with E-state index in [0.717, 1.165) is 0 Å². The number of ether oxygens (including phenoxy) is 1.